The fourth-order valence-electron chi connectivity index (χ4n) is 0.943. The molecule has 0 radical (unpaired) electrons. The molecule has 0 aliphatic rings. The van der Waals surface area contributed by atoms with E-state index in [0.717, 1.165) is 10.3 Å². The molecule has 5 nitrogen and oxygen atoms in total. The number of aliphatic hydroxyl groups is 1. The number of nitrogen functional groups attached to an aromatic ring is 1. The Bertz CT molecular complexity index is 444. The molecule has 0 aromatic carbocycles. The highest BCUT2D eigenvalue weighted by atomic mass is 32.2. The number of hydrogen-bond acceptors (Lipinski definition) is 7. The molecule has 14 heavy (non-hydrogen) atoms. The summed E-state index contributed by atoms with van der Waals surface area (Å²) >= 11 is 2.75. The van der Waals surface area contributed by atoms with Gasteiger partial charge >= 0.3 is 0 Å². The highest BCUT2D eigenvalue weighted by molar-refractivity contribution is 7.99. The van der Waals surface area contributed by atoms with E-state index < -0.39 is 0 Å². The van der Waals surface area contributed by atoms with Crippen molar-refractivity contribution in [3.63, 3.8) is 0 Å². The van der Waals surface area contributed by atoms with Crippen LogP contribution in [0, 0.1) is 0 Å². The highest BCUT2D eigenvalue weighted by Gasteiger charge is 2.04. The van der Waals surface area contributed by atoms with Gasteiger partial charge in [-0.1, -0.05) is 23.1 Å². The van der Waals surface area contributed by atoms with Crippen LogP contribution in [0.5, 0.6) is 0 Å². The van der Waals surface area contributed by atoms with E-state index in [9.17, 15) is 0 Å². The minimum atomic E-state index is 0.122. The maximum Gasteiger partial charge on any atom is 0.189 e. The van der Waals surface area contributed by atoms with Crippen molar-refractivity contribution < 1.29 is 5.11 Å². The van der Waals surface area contributed by atoms with Crippen LogP contribution in [0.15, 0.2) is 11.4 Å². The van der Waals surface area contributed by atoms with Crippen molar-refractivity contribution in [1.82, 2.24) is 15.0 Å². The van der Waals surface area contributed by atoms with Gasteiger partial charge < -0.3 is 10.8 Å². The summed E-state index contributed by atoms with van der Waals surface area (Å²) in [5.74, 6) is 0.597. The second-order valence-electron chi connectivity index (χ2n) is 2.47. The zero-order valence-corrected chi connectivity index (χ0v) is 8.81. The monoisotopic (exact) mass is 228 g/mol. The number of nitrogens with zero attached hydrogens (tertiary/aromatic N) is 3. The summed E-state index contributed by atoms with van der Waals surface area (Å²) in [6.45, 7) is 0.122. The van der Waals surface area contributed by atoms with E-state index in [1.807, 2.05) is 0 Å². The fraction of sp³-hybridized carbons (Fsp3) is 0.286. The van der Waals surface area contributed by atoms with Gasteiger partial charge in [0.2, 0.25) is 0 Å². The highest BCUT2D eigenvalue weighted by Crippen LogP contribution is 2.23. The third-order valence-corrected chi connectivity index (χ3v) is 3.10. The average Bonchev–Trinajstić information content (AvgIpc) is 2.54. The molecule has 0 aliphatic carbocycles. The summed E-state index contributed by atoms with van der Waals surface area (Å²) in [5, 5.41) is 9.79. The molecule has 0 amide bonds. The quantitative estimate of drug-likeness (QED) is 0.595. The van der Waals surface area contributed by atoms with Gasteiger partial charge in [0.1, 0.15) is 10.3 Å². The van der Waals surface area contributed by atoms with Crippen LogP contribution in [0.2, 0.25) is 0 Å². The molecule has 7 heteroatoms. The molecule has 0 aliphatic heterocycles. The first-order chi connectivity index (χ1) is 6.79. The molecule has 2 heterocycles. The Balaban J connectivity index is 2.31. The second kappa shape index (κ2) is 4.07. The Morgan fingerprint density at radius 1 is 1.50 bits per heavy atom. The van der Waals surface area contributed by atoms with Gasteiger partial charge in [0.25, 0.3) is 0 Å². The van der Waals surface area contributed by atoms with Gasteiger partial charge in [-0.3, -0.25) is 0 Å². The van der Waals surface area contributed by atoms with Crippen molar-refractivity contribution in [2.24, 2.45) is 0 Å². The summed E-state index contributed by atoms with van der Waals surface area (Å²) in [6, 6.07) is 0. The third kappa shape index (κ3) is 1.94. The Labute approximate surface area is 88.4 Å². The van der Waals surface area contributed by atoms with Gasteiger partial charge in [0.15, 0.2) is 10.3 Å². The average molecular weight is 228 g/mol. The first-order valence-corrected chi connectivity index (χ1v) is 5.72. The van der Waals surface area contributed by atoms with E-state index in [1.54, 1.807) is 6.20 Å². The van der Waals surface area contributed by atoms with Gasteiger partial charge in [-0.25, -0.2) is 15.0 Å². The molecule has 0 saturated carbocycles. The van der Waals surface area contributed by atoms with E-state index in [-0.39, 0.29) is 6.61 Å². The predicted molar refractivity (Wildman–Crippen MR) is 57.4 cm³/mol. The van der Waals surface area contributed by atoms with Gasteiger partial charge in [-0.2, -0.15) is 0 Å². The number of rotatable bonds is 3. The summed E-state index contributed by atoms with van der Waals surface area (Å²) < 4.78 is 0. The fourth-order valence-corrected chi connectivity index (χ4v) is 2.24. The standard InChI is InChI=1S/C7H8N4OS2/c8-6-10-4-3-9-7(13-2-1-12)11-5(4)14-6/h3,12H,1-2H2,(H2,8,10). The van der Waals surface area contributed by atoms with Crippen LogP contribution < -0.4 is 5.73 Å². The lowest BCUT2D eigenvalue weighted by atomic mass is 10.6. The van der Waals surface area contributed by atoms with E-state index in [2.05, 4.69) is 15.0 Å². The molecule has 2 aromatic rings. The Kier molecular flexibility index (Phi) is 2.80. The number of thioether (sulfide) groups is 1. The zero-order valence-electron chi connectivity index (χ0n) is 7.17. The van der Waals surface area contributed by atoms with Crippen molar-refractivity contribution in [2.75, 3.05) is 18.1 Å². The maximum absolute atomic E-state index is 8.64. The Morgan fingerprint density at radius 2 is 2.36 bits per heavy atom. The smallest absolute Gasteiger partial charge is 0.189 e. The van der Waals surface area contributed by atoms with E-state index in [1.165, 1.54) is 23.1 Å². The predicted octanol–water partition coefficient (Wildman–Crippen LogP) is 0.753. The normalized spacial score (nSPS) is 10.9. The van der Waals surface area contributed by atoms with Crippen LogP contribution >= 0.6 is 23.1 Å². The first-order valence-electron chi connectivity index (χ1n) is 3.92. The van der Waals surface area contributed by atoms with Gasteiger partial charge in [-0.05, 0) is 0 Å². The Hall–Kier alpha value is -0.920. The lowest BCUT2D eigenvalue weighted by molar-refractivity contribution is 0.322. The number of aromatic nitrogens is 3. The van der Waals surface area contributed by atoms with Gasteiger partial charge in [0, 0.05) is 5.75 Å². The number of fused-ring (bicyclic) bond motifs is 1. The Morgan fingerprint density at radius 3 is 3.14 bits per heavy atom. The third-order valence-electron chi connectivity index (χ3n) is 1.47. The number of nitrogens with two attached hydrogens (primary N) is 1. The van der Waals surface area contributed by atoms with E-state index >= 15 is 0 Å². The number of hydrogen-bond donors (Lipinski definition) is 2. The molecule has 0 saturated heterocycles. The van der Waals surface area contributed by atoms with Crippen LogP contribution in [0.4, 0.5) is 5.13 Å². The summed E-state index contributed by atoms with van der Waals surface area (Å²) in [6.07, 6.45) is 1.65. The second-order valence-corrected chi connectivity index (χ2v) is 4.54. The topological polar surface area (TPSA) is 84.9 Å². The van der Waals surface area contributed by atoms with Crippen molar-refractivity contribution in [2.45, 2.75) is 5.16 Å². The first kappa shape index (κ1) is 9.63. The van der Waals surface area contributed by atoms with Gasteiger partial charge in [-0.15, -0.1) is 0 Å². The lowest BCUT2D eigenvalue weighted by Crippen LogP contribution is -1.90. The van der Waals surface area contributed by atoms with Crippen LogP contribution in [-0.4, -0.2) is 32.4 Å². The minimum absolute atomic E-state index is 0.122. The summed E-state index contributed by atoms with van der Waals surface area (Å²) in [4.78, 5) is 13.2. The molecule has 2 rings (SSSR count). The zero-order chi connectivity index (χ0) is 9.97. The molecular weight excluding hydrogens is 220 g/mol. The molecule has 3 N–H and O–H groups in total. The van der Waals surface area contributed by atoms with Crippen LogP contribution in [0.3, 0.4) is 0 Å². The van der Waals surface area contributed by atoms with Crippen LogP contribution in [0.1, 0.15) is 0 Å². The van der Waals surface area contributed by atoms with E-state index in [0.29, 0.717) is 16.0 Å². The molecule has 0 fully saturated rings. The minimum Gasteiger partial charge on any atom is -0.396 e. The molecule has 0 atom stereocenters. The number of anilines is 1. The van der Waals surface area contributed by atoms with Crippen LogP contribution in [0.25, 0.3) is 10.3 Å². The van der Waals surface area contributed by atoms with E-state index in [4.69, 9.17) is 10.8 Å². The SMILES string of the molecule is Nc1nc2cnc(SCCO)nc2s1. The van der Waals surface area contributed by atoms with Crippen molar-refractivity contribution in [1.29, 1.82) is 0 Å². The molecule has 0 unspecified atom stereocenters. The van der Waals surface area contributed by atoms with Crippen molar-refractivity contribution in [3.05, 3.63) is 6.20 Å². The largest absolute Gasteiger partial charge is 0.396 e. The lowest BCUT2D eigenvalue weighted by Gasteiger charge is -1.95. The summed E-state index contributed by atoms with van der Waals surface area (Å²) in [5.41, 5.74) is 6.26. The molecule has 0 bridgehead atoms. The van der Waals surface area contributed by atoms with Crippen LogP contribution in [-0.2, 0) is 0 Å². The molecular formula is C7H8N4OS2. The maximum atomic E-state index is 8.64. The number of thiazole rings is 1. The number of aliphatic hydroxyl groups excluding tert-OH is 1. The van der Waals surface area contributed by atoms with Gasteiger partial charge in [0.05, 0.1) is 12.8 Å². The summed E-state index contributed by atoms with van der Waals surface area (Å²) in [7, 11) is 0. The van der Waals surface area contributed by atoms with Crippen molar-refractivity contribution in [3.8, 4) is 0 Å². The molecule has 2 aromatic heterocycles. The molecule has 74 valence electrons. The molecule has 0 spiro atoms. The van der Waals surface area contributed by atoms with Crippen molar-refractivity contribution >= 4 is 38.6 Å².